The number of imidazole rings is 1. The molecule has 34 heavy (non-hydrogen) atoms. The fraction of sp³-hybridized carbons (Fsp3) is 0.280. The predicted molar refractivity (Wildman–Crippen MR) is 134 cm³/mol. The molecule has 2 amide bonds. The number of hydrogen-bond donors (Lipinski definition) is 2. The van der Waals surface area contributed by atoms with Crippen LogP contribution in [0.5, 0.6) is 0 Å². The summed E-state index contributed by atoms with van der Waals surface area (Å²) in [5.74, 6) is 0.190. The number of fused-ring (bicyclic) bond motifs is 1. The molecule has 0 saturated carbocycles. The van der Waals surface area contributed by atoms with Crippen molar-refractivity contribution < 1.29 is 14.3 Å². The highest BCUT2D eigenvalue weighted by atomic mass is 32.1. The Kier molecular flexibility index (Phi) is 7.34. The van der Waals surface area contributed by atoms with E-state index in [0.29, 0.717) is 34.7 Å². The van der Waals surface area contributed by atoms with Crippen molar-refractivity contribution >= 4 is 39.9 Å². The number of hydrogen-bond acceptors (Lipinski definition) is 6. The van der Waals surface area contributed by atoms with E-state index >= 15 is 0 Å². The number of anilines is 1. The molecule has 0 spiro atoms. The molecule has 1 atom stereocenters. The Morgan fingerprint density at radius 1 is 1.26 bits per heavy atom. The SMILES string of the molecule is CCn1c(-c2cccnc2)nc2cc(NC(=O)COC)cc(C(=O)N[C@@H](C)Cc3ccsc3)c21. The van der Waals surface area contributed by atoms with Gasteiger partial charge in [0.15, 0.2) is 0 Å². The normalized spacial score (nSPS) is 12.0. The minimum absolute atomic E-state index is 0.0697. The lowest BCUT2D eigenvalue weighted by atomic mass is 10.1. The molecule has 4 rings (SSSR count). The molecule has 0 saturated heterocycles. The van der Waals surface area contributed by atoms with Gasteiger partial charge in [0.25, 0.3) is 5.91 Å². The van der Waals surface area contributed by atoms with Crippen molar-refractivity contribution in [2.45, 2.75) is 32.9 Å². The summed E-state index contributed by atoms with van der Waals surface area (Å²) >= 11 is 1.64. The number of amides is 2. The number of carbonyl (C=O) groups is 2. The van der Waals surface area contributed by atoms with Crippen LogP contribution < -0.4 is 10.6 Å². The summed E-state index contributed by atoms with van der Waals surface area (Å²) in [5, 5.41) is 10.0. The molecule has 3 heterocycles. The van der Waals surface area contributed by atoms with Crippen molar-refractivity contribution in [1.82, 2.24) is 19.9 Å². The summed E-state index contributed by atoms with van der Waals surface area (Å²) < 4.78 is 6.93. The molecule has 0 unspecified atom stereocenters. The number of rotatable bonds is 9. The van der Waals surface area contributed by atoms with Gasteiger partial charge in [-0.15, -0.1) is 0 Å². The zero-order valence-corrected chi connectivity index (χ0v) is 20.2. The Labute approximate surface area is 202 Å². The Bertz CT molecular complexity index is 1290. The molecule has 9 heteroatoms. The van der Waals surface area contributed by atoms with Crippen LogP contribution in [-0.4, -0.2) is 46.1 Å². The third kappa shape index (κ3) is 5.16. The molecule has 0 radical (unpaired) electrons. The summed E-state index contributed by atoms with van der Waals surface area (Å²) in [5.41, 5.74) is 4.30. The average Bonchev–Trinajstić information content (AvgIpc) is 3.46. The van der Waals surface area contributed by atoms with Gasteiger partial charge in [-0.25, -0.2) is 4.98 Å². The highest BCUT2D eigenvalue weighted by molar-refractivity contribution is 7.07. The average molecular weight is 478 g/mol. The lowest BCUT2D eigenvalue weighted by Crippen LogP contribution is -2.34. The number of pyridine rings is 1. The second-order valence-electron chi connectivity index (χ2n) is 8.00. The molecule has 4 aromatic rings. The smallest absolute Gasteiger partial charge is 0.253 e. The van der Waals surface area contributed by atoms with E-state index < -0.39 is 0 Å². The van der Waals surface area contributed by atoms with Gasteiger partial charge in [0.2, 0.25) is 5.91 Å². The molecule has 0 fully saturated rings. The summed E-state index contributed by atoms with van der Waals surface area (Å²) in [6.07, 6.45) is 4.19. The fourth-order valence-electron chi connectivity index (χ4n) is 3.98. The zero-order valence-electron chi connectivity index (χ0n) is 19.4. The van der Waals surface area contributed by atoms with Gasteiger partial charge in [0.05, 0.1) is 16.6 Å². The number of aryl methyl sites for hydroxylation is 1. The summed E-state index contributed by atoms with van der Waals surface area (Å²) in [4.78, 5) is 34.7. The first-order valence-corrected chi connectivity index (χ1v) is 12.0. The number of aromatic nitrogens is 3. The lowest BCUT2D eigenvalue weighted by Gasteiger charge is -2.16. The number of benzene rings is 1. The Morgan fingerprint density at radius 2 is 2.12 bits per heavy atom. The maximum absolute atomic E-state index is 13.5. The minimum Gasteiger partial charge on any atom is -0.375 e. The van der Waals surface area contributed by atoms with Gasteiger partial charge in [-0.2, -0.15) is 11.3 Å². The molecule has 0 bridgehead atoms. The van der Waals surface area contributed by atoms with E-state index in [1.807, 2.05) is 35.9 Å². The van der Waals surface area contributed by atoms with E-state index in [-0.39, 0.29) is 24.5 Å². The first kappa shape index (κ1) is 23.6. The number of nitrogens with zero attached hydrogens (tertiary/aromatic N) is 3. The molecule has 0 aliphatic rings. The largest absolute Gasteiger partial charge is 0.375 e. The van der Waals surface area contributed by atoms with Crippen LogP contribution in [-0.2, 0) is 22.5 Å². The molecule has 0 aliphatic heterocycles. The number of methoxy groups -OCH3 is 1. The third-order valence-electron chi connectivity index (χ3n) is 5.38. The summed E-state index contributed by atoms with van der Waals surface area (Å²) in [7, 11) is 1.46. The minimum atomic E-state index is -0.304. The van der Waals surface area contributed by atoms with Crippen molar-refractivity contribution in [3.63, 3.8) is 0 Å². The van der Waals surface area contributed by atoms with Crippen LogP contribution in [0.2, 0.25) is 0 Å². The molecular formula is C25H27N5O3S. The van der Waals surface area contributed by atoms with E-state index in [4.69, 9.17) is 9.72 Å². The van der Waals surface area contributed by atoms with Crippen LogP contribution in [0.3, 0.4) is 0 Å². The number of carbonyl (C=O) groups excluding carboxylic acids is 2. The number of ether oxygens (including phenoxy) is 1. The fourth-order valence-corrected chi connectivity index (χ4v) is 4.66. The maximum Gasteiger partial charge on any atom is 0.253 e. The van der Waals surface area contributed by atoms with Crippen molar-refractivity contribution in [3.05, 3.63) is 64.6 Å². The molecule has 0 aliphatic carbocycles. The number of nitrogens with one attached hydrogen (secondary N) is 2. The van der Waals surface area contributed by atoms with E-state index in [9.17, 15) is 9.59 Å². The molecule has 3 aromatic heterocycles. The Balaban J connectivity index is 1.77. The second kappa shape index (κ2) is 10.6. The predicted octanol–water partition coefficient (Wildman–Crippen LogP) is 4.13. The maximum atomic E-state index is 13.5. The van der Waals surface area contributed by atoms with Gasteiger partial charge in [-0.05, 0) is 66.9 Å². The van der Waals surface area contributed by atoms with Gasteiger partial charge in [0.1, 0.15) is 12.4 Å². The topological polar surface area (TPSA) is 98.1 Å². The Hall–Kier alpha value is -3.56. The molecule has 8 nitrogen and oxygen atoms in total. The molecular weight excluding hydrogens is 450 g/mol. The van der Waals surface area contributed by atoms with E-state index in [0.717, 1.165) is 12.0 Å². The zero-order chi connectivity index (χ0) is 24.1. The lowest BCUT2D eigenvalue weighted by molar-refractivity contribution is -0.119. The van der Waals surface area contributed by atoms with Crippen LogP contribution in [0, 0.1) is 0 Å². The molecule has 1 aromatic carbocycles. The monoisotopic (exact) mass is 477 g/mol. The van der Waals surface area contributed by atoms with Crippen molar-refractivity contribution in [2.24, 2.45) is 0 Å². The first-order valence-electron chi connectivity index (χ1n) is 11.1. The van der Waals surface area contributed by atoms with Crippen LogP contribution >= 0.6 is 11.3 Å². The first-order chi connectivity index (χ1) is 16.5. The third-order valence-corrected chi connectivity index (χ3v) is 6.11. The van der Waals surface area contributed by atoms with Gasteiger partial charge in [0, 0.05) is 43.3 Å². The van der Waals surface area contributed by atoms with Gasteiger partial charge in [-0.1, -0.05) is 0 Å². The van der Waals surface area contributed by atoms with Crippen LogP contribution in [0.25, 0.3) is 22.4 Å². The van der Waals surface area contributed by atoms with Crippen molar-refractivity contribution in [3.8, 4) is 11.4 Å². The summed E-state index contributed by atoms with van der Waals surface area (Å²) in [6.45, 7) is 4.52. The van der Waals surface area contributed by atoms with Gasteiger partial charge in [-0.3, -0.25) is 14.6 Å². The standard InChI is InChI=1S/C25H27N5O3S/c1-4-30-23-20(25(32)27-16(2)10-17-7-9-34-15-17)11-19(28-22(31)14-33-3)12-21(23)29-24(30)18-6-5-8-26-13-18/h5-9,11-13,15-16H,4,10,14H2,1-3H3,(H,27,32)(H,28,31)/t16-/m0/s1. The summed E-state index contributed by atoms with van der Waals surface area (Å²) in [6, 6.07) is 9.25. The van der Waals surface area contributed by atoms with Gasteiger partial charge >= 0.3 is 0 Å². The number of thiophene rings is 1. The quantitative estimate of drug-likeness (QED) is 0.378. The highest BCUT2D eigenvalue weighted by Crippen LogP contribution is 2.30. The molecule has 2 N–H and O–H groups in total. The van der Waals surface area contributed by atoms with Crippen molar-refractivity contribution in [1.29, 1.82) is 0 Å². The van der Waals surface area contributed by atoms with Crippen LogP contribution in [0.1, 0.15) is 29.8 Å². The van der Waals surface area contributed by atoms with Gasteiger partial charge < -0.3 is 19.9 Å². The Morgan fingerprint density at radius 3 is 2.79 bits per heavy atom. The van der Waals surface area contributed by atoms with Crippen LogP contribution in [0.15, 0.2) is 53.5 Å². The van der Waals surface area contributed by atoms with E-state index in [2.05, 4.69) is 27.1 Å². The molecule has 176 valence electrons. The highest BCUT2D eigenvalue weighted by Gasteiger charge is 2.22. The van der Waals surface area contributed by atoms with Crippen molar-refractivity contribution in [2.75, 3.05) is 19.0 Å². The second-order valence-corrected chi connectivity index (χ2v) is 8.78. The van der Waals surface area contributed by atoms with Crippen LogP contribution in [0.4, 0.5) is 5.69 Å². The van der Waals surface area contributed by atoms with E-state index in [1.165, 1.54) is 12.7 Å². The van der Waals surface area contributed by atoms with E-state index in [1.54, 1.807) is 35.9 Å².